The lowest BCUT2D eigenvalue weighted by Gasteiger charge is -2.36. The fraction of sp³-hybridized carbons (Fsp3) is 0.923. The molecule has 1 aliphatic rings. The SMILES string of the molecule is CN1CC(CC(F)(F)F)CC(NC(=O)OC(C)(C)C)C1. The zero-order valence-corrected chi connectivity index (χ0v) is 12.4. The quantitative estimate of drug-likeness (QED) is 0.852. The monoisotopic (exact) mass is 296 g/mol. The molecule has 1 heterocycles. The third kappa shape index (κ3) is 6.98. The Balaban J connectivity index is 2.51. The van der Waals surface area contributed by atoms with E-state index in [-0.39, 0.29) is 6.04 Å². The molecule has 20 heavy (non-hydrogen) atoms. The topological polar surface area (TPSA) is 41.6 Å². The molecule has 1 saturated heterocycles. The number of piperidine rings is 1. The second-order valence-electron chi connectivity index (χ2n) is 6.49. The van der Waals surface area contributed by atoms with Crippen molar-refractivity contribution in [2.75, 3.05) is 20.1 Å². The summed E-state index contributed by atoms with van der Waals surface area (Å²) >= 11 is 0. The van der Waals surface area contributed by atoms with E-state index < -0.39 is 30.2 Å². The number of nitrogens with zero attached hydrogens (tertiary/aromatic N) is 1. The molecule has 0 aliphatic carbocycles. The summed E-state index contributed by atoms with van der Waals surface area (Å²) in [5.41, 5.74) is -0.615. The van der Waals surface area contributed by atoms with Crippen LogP contribution in [0.5, 0.6) is 0 Å². The van der Waals surface area contributed by atoms with Gasteiger partial charge in [-0.1, -0.05) is 0 Å². The molecule has 118 valence electrons. The zero-order chi connectivity index (χ0) is 15.6. The van der Waals surface area contributed by atoms with Crippen molar-refractivity contribution < 1.29 is 22.7 Å². The molecule has 0 aromatic carbocycles. The smallest absolute Gasteiger partial charge is 0.407 e. The van der Waals surface area contributed by atoms with Crippen molar-refractivity contribution in [2.45, 2.75) is 51.4 Å². The van der Waals surface area contributed by atoms with Crippen LogP contribution < -0.4 is 5.32 Å². The van der Waals surface area contributed by atoms with Gasteiger partial charge in [-0.15, -0.1) is 0 Å². The number of carbonyl (C=O) groups is 1. The summed E-state index contributed by atoms with van der Waals surface area (Å²) in [6.07, 6.45) is -5.24. The third-order valence-corrected chi connectivity index (χ3v) is 2.96. The highest BCUT2D eigenvalue weighted by molar-refractivity contribution is 5.68. The van der Waals surface area contributed by atoms with Gasteiger partial charge in [-0.25, -0.2) is 4.79 Å². The minimum Gasteiger partial charge on any atom is -0.444 e. The lowest BCUT2D eigenvalue weighted by atomic mass is 9.91. The molecule has 4 nitrogen and oxygen atoms in total. The highest BCUT2D eigenvalue weighted by atomic mass is 19.4. The number of hydrogen-bond donors (Lipinski definition) is 1. The number of likely N-dealkylation sites (N-methyl/N-ethyl adjacent to an activating group) is 1. The maximum absolute atomic E-state index is 12.4. The van der Waals surface area contributed by atoms with Crippen molar-refractivity contribution >= 4 is 6.09 Å². The number of nitrogens with one attached hydrogen (secondary N) is 1. The molecule has 7 heteroatoms. The van der Waals surface area contributed by atoms with Gasteiger partial charge in [0.15, 0.2) is 0 Å². The summed E-state index contributed by atoms with van der Waals surface area (Å²) < 4.78 is 42.5. The summed E-state index contributed by atoms with van der Waals surface area (Å²) in [5, 5.41) is 2.65. The predicted molar refractivity (Wildman–Crippen MR) is 69.4 cm³/mol. The van der Waals surface area contributed by atoms with Crippen molar-refractivity contribution in [3.8, 4) is 0 Å². The molecule has 0 spiro atoms. The first-order chi connectivity index (χ1) is 8.94. The fourth-order valence-electron chi connectivity index (χ4n) is 2.50. The Morgan fingerprint density at radius 3 is 2.40 bits per heavy atom. The predicted octanol–water partition coefficient (Wildman–Crippen LogP) is 2.78. The average molecular weight is 296 g/mol. The van der Waals surface area contributed by atoms with Crippen LogP contribution in [-0.4, -0.2) is 48.9 Å². The number of alkyl carbamates (subject to hydrolysis) is 1. The second kappa shape index (κ2) is 6.20. The Kier molecular flexibility index (Phi) is 5.29. The average Bonchev–Trinajstić information content (AvgIpc) is 2.08. The van der Waals surface area contributed by atoms with Gasteiger partial charge in [0.1, 0.15) is 5.60 Å². The van der Waals surface area contributed by atoms with Crippen LogP contribution in [0.2, 0.25) is 0 Å². The lowest BCUT2D eigenvalue weighted by Crippen LogP contribution is -2.51. The van der Waals surface area contributed by atoms with Crippen molar-refractivity contribution in [2.24, 2.45) is 5.92 Å². The highest BCUT2D eigenvalue weighted by Gasteiger charge is 2.36. The maximum Gasteiger partial charge on any atom is 0.407 e. The minimum atomic E-state index is -4.17. The van der Waals surface area contributed by atoms with Crippen molar-refractivity contribution in [3.05, 3.63) is 0 Å². The first-order valence-corrected chi connectivity index (χ1v) is 6.69. The molecule has 0 radical (unpaired) electrons. The van der Waals surface area contributed by atoms with E-state index >= 15 is 0 Å². The first-order valence-electron chi connectivity index (χ1n) is 6.69. The Bertz CT molecular complexity index is 339. The highest BCUT2D eigenvalue weighted by Crippen LogP contribution is 2.30. The molecule has 1 rings (SSSR count). The molecule has 0 aromatic rings. The molecule has 1 amide bonds. The van der Waals surface area contributed by atoms with Gasteiger partial charge in [0.2, 0.25) is 0 Å². The lowest BCUT2D eigenvalue weighted by molar-refractivity contribution is -0.148. The molecule has 2 atom stereocenters. The van der Waals surface area contributed by atoms with Crippen LogP contribution in [0.4, 0.5) is 18.0 Å². The number of likely N-dealkylation sites (tertiary alicyclic amines) is 1. The van der Waals surface area contributed by atoms with Crippen LogP contribution in [-0.2, 0) is 4.74 Å². The largest absolute Gasteiger partial charge is 0.444 e. The number of ether oxygens (including phenoxy) is 1. The number of hydrogen-bond acceptors (Lipinski definition) is 3. The van der Waals surface area contributed by atoms with Gasteiger partial charge in [-0.05, 0) is 40.2 Å². The number of amides is 1. The third-order valence-electron chi connectivity index (χ3n) is 2.96. The molecule has 0 aromatic heterocycles. The normalized spacial score (nSPS) is 25.4. The Morgan fingerprint density at radius 1 is 1.30 bits per heavy atom. The van der Waals surface area contributed by atoms with Crippen LogP contribution in [0.3, 0.4) is 0 Å². The summed E-state index contributed by atoms with van der Waals surface area (Å²) in [6.45, 7) is 6.16. The van der Waals surface area contributed by atoms with E-state index in [1.54, 1.807) is 27.8 Å². The minimum absolute atomic E-state index is 0.309. The summed E-state index contributed by atoms with van der Waals surface area (Å²) in [5.74, 6) is -0.492. The molecular formula is C13H23F3N2O2. The molecule has 2 unspecified atom stereocenters. The Morgan fingerprint density at radius 2 is 1.90 bits per heavy atom. The maximum atomic E-state index is 12.4. The van der Waals surface area contributed by atoms with Gasteiger partial charge < -0.3 is 15.0 Å². The van der Waals surface area contributed by atoms with Crippen LogP contribution >= 0.6 is 0 Å². The number of rotatable bonds is 2. The molecule has 0 bridgehead atoms. The summed E-state index contributed by atoms with van der Waals surface area (Å²) in [6, 6.07) is -0.309. The number of alkyl halides is 3. The van der Waals surface area contributed by atoms with E-state index in [0.717, 1.165) is 0 Å². The van der Waals surface area contributed by atoms with Gasteiger partial charge in [-0.3, -0.25) is 0 Å². The number of carbonyl (C=O) groups excluding carboxylic acids is 1. The standard InChI is InChI=1S/C13H23F3N2O2/c1-12(2,3)20-11(19)17-10-5-9(6-13(14,15)16)7-18(4)8-10/h9-10H,5-8H2,1-4H3,(H,17,19). The number of halogens is 3. The summed E-state index contributed by atoms with van der Waals surface area (Å²) in [4.78, 5) is 13.5. The Hall–Kier alpha value is -0.980. The van der Waals surface area contributed by atoms with Gasteiger partial charge in [0, 0.05) is 25.6 Å². The van der Waals surface area contributed by atoms with Gasteiger partial charge in [0.05, 0.1) is 0 Å². The zero-order valence-electron chi connectivity index (χ0n) is 12.4. The van der Waals surface area contributed by atoms with E-state index in [1.165, 1.54) is 0 Å². The molecule has 1 fully saturated rings. The van der Waals surface area contributed by atoms with E-state index in [4.69, 9.17) is 4.74 Å². The fourth-order valence-corrected chi connectivity index (χ4v) is 2.50. The van der Waals surface area contributed by atoms with Crippen molar-refractivity contribution in [1.29, 1.82) is 0 Å². The van der Waals surface area contributed by atoms with Gasteiger partial charge in [0.25, 0.3) is 0 Å². The van der Waals surface area contributed by atoms with Gasteiger partial charge in [-0.2, -0.15) is 13.2 Å². The van der Waals surface area contributed by atoms with Crippen LogP contribution in [0.25, 0.3) is 0 Å². The van der Waals surface area contributed by atoms with Crippen LogP contribution in [0.15, 0.2) is 0 Å². The van der Waals surface area contributed by atoms with E-state index in [2.05, 4.69) is 5.32 Å². The van der Waals surface area contributed by atoms with Gasteiger partial charge >= 0.3 is 12.3 Å². The first kappa shape index (κ1) is 17.1. The van der Waals surface area contributed by atoms with E-state index in [1.807, 2.05) is 4.90 Å². The second-order valence-corrected chi connectivity index (χ2v) is 6.49. The van der Waals surface area contributed by atoms with Crippen molar-refractivity contribution in [3.63, 3.8) is 0 Å². The molecule has 1 N–H and O–H groups in total. The van der Waals surface area contributed by atoms with Crippen LogP contribution in [0, 0.1) is 5.92 Å². The molecular weight excluding hydrogens is 273 g/mol. The van der Waals surface area contributed by atoms with Crippen LogP contribution in [0.1, 0.15) is 33.6 Å². The van der Waals surface area contributed by atoms with E-state index in [0.29, 0.717) is 19.5 Å². The summed E-state index contributed by atoms with van der Waals surface area (Å²) in [7, 11) is 1.76. The van der Waals surface area contributed by atoms with E-state index in [9.17, 15) is 18.0 Å². The molecule has 1 aliphatic heterocycles. The molecule has 0 saturated carbocycles. The van der Waals surface area contributed by atoms with Crippen molar-refractivity contribution in [1.82, 2.24) is 10.2 Å². The Labute approximate surface area is 117 Å².